The zero-order valence-electron chi connectivity index (χ0n) is 44.4. The molecule has 0 saturated carbocycles. The first-order valence-electron chi connectivity index (χ1n) is 25.1. The van der Waals surface area contributed by atoms with Gasteiger partial charge in [-0.1, -0.05) is 37.8 Å². The Hall–Kier alpha value is -7.02. The number of hydrogen-bond donors (Lipinski definition) is 4. The Bertz CT molecular complexity index is 2820. The minimum absolute atomic E-state index is 0.203. The molecular formula is C53H61F10N9O8. The number of anilines is 1. The maximum Gasteiger partial charge on any atom is 0.407 e. The zero-order chi connectivity index (χ0) is 58.9. The number of carbonyl (C=O) groups excluding carboxylic acids is 4. The van der Waals surface area contributed by atoms with Crippen LogP contribution in [0.3, 0.4) is 0 Å². The Morgan fingerprint density at radius 1 is 0.838 bits per heavy atom. The lowest BCUT2D eigenvalue weighted by Gasteiger charge is -2.38. The molecule has 4 aromatic rings. The second-order valence-electron chi connectivity index (χ2n) is 20.4. The number of halogens is 10. The lowest BCUT2D eigenvalue weighted by molar-refractivity contribution is -0.231. The normalized spacial score (nSPS) is 17.0. The number of piperazine rings is 1. The van der Waals surface area contributed by atoms with Crippen LogP contribution in [0.25, 0.3) is 11.3 Å². The standard InChI is InChI=1S/C53H61F10N9O8/c1-50(2,52(58,59)60)37(26-44(74)78-5)46(75)68-71(28-36-38(54)24-34(25-39(36)55)40-15-17-72(67-40)48(56)57)29-42(73)41(65-47(76)45(66-49(77)79-6)51(3,4)53(61,62)63)23-32-10-7-31(8-11-32)9-12-33-13-14-43(64-27-33)70-20-18-69(19-21-70)35-16-22-80-30-35/h7-8,10-11,13-15,17,24-25,27,35,37,41-42,45,48,73H,16,18-23,26,28-30H2,1-6H3,(H,65,76)(H,66,77)(H,68,75)/t35-,37-,41+,42+,45-/m1/s1. The minimum Gasteiger partial charge on any atom is -0.469 e. The Kier molecular flexibility index (Phi) is 20.3. The molecular weight excluding hydrogens is 1080 g/mol. The van der Waals surface area contributed by atoms with Crippen LogP contribution in [0.15, 0.2) is 67.0 Å². The number of nitrogens with one attached hydrogen (secondary N) is 3. The highest BCUT2D eigenvalue weighted by atomic mass is 19.4. The number of aromatic nitrogens is 3. The second kappa shape index (κ2) is 26.1. The van der Waals surface area contributed by atoms with Crippen LogP contribution in [0, 0.1) is 40.2 Å². The molecule has 2 aromatic heterocycles. The molecule has 17 nitrogen and oxygen atoms in total. The number of pyridine rings is 1. The molecule has 27 heteroatoms. The Balaban J connectivity index is 1.31. The summed E-state index contributed by atoms with van der Waals surface area (Å²) < 4.78 is 161. The molecule has 6 rings (SSSR count). The van der Waals surface area contributed by atoms with Crippen molar-refractivity contribution in [1.82, 2.24) is 40.7 Å². The highest BCUT2D eigenvalue weighted by molar-refractivity contribution is 5.87. The maximum atomic E-state index is 16.0. The Labute approximate surface area is 454 Å². The number of hydrazine groups is 1. The average Bonchev–Trinajstić information content (AvgIpc) is 4.22. The Morgan fingerprint density at radius 2 is 1.46 bits per heavy atom. The van der Waals surface area contributed by atoms with E-state index in [0.717, 1.165) is 78.1 Å². The van der Waals surface area contributed by atoms with Gasteiger partial charge in [-0.3, -0.25) is 24.7 Å². The number of alkyl halides is 8. The van der Waals surface area contributed by atoms with Gasteiger partial charge in [0.05, 0.1) is 61.8 Å². The van der Waals surface area contributed by atoms with Crippen LogP contribution in [-0.4, -0.2) is 150 Å². The number of amides is 3. The van der Waals surface area contributed by atoms with Crippen molar-refractivity contribution in [1.29, 1.82) is 0 Å². The summed E-state index contributed by atoms with van der Waals surface area (Å²) in [6, 6.07) is 8.33. The number of aliphatic hydroxyl groups is 1. The molecule has 80 heavy (non-hydrogen) atoms. The fraction of sp³-hybridized carbons (Fsp3) is 0.509. The van der Waals surface area contributed by atoms with Gasteiger partial charge in [0.25, 0.3) is 0 Å². The van der Waals surface area contributed by atoms with E-state index in [2.05, 4.69) is 51.9 Å². The number of benzene rings is 2. The van der Waals surface area contributed by atoms with Crippen LogP contribution >= 0.6 is 0 Å². The lowest BCUT2D eigenvalue weighted by atomic mass is 9.75. The zero-order valence-corrected chi connectivity index (χ0v) is 44.4. The third-order valence-corrected chi connectivity index (χ3v) is 14.3. The average molecular weight is 1140 g/mol. The summed E-state index contributed by atoms with van der Waals surface area (Å²) in [5.41, 5.74) is -4.20. The van der Waals surface area contributed by atoms with E-state index < -0.39 is 121 Å². The fourth-order valence-corrected chi connectivity index (χ4v) is 8.91. The van der Waals surface area contributed by atoms with Gasteiger partial charge in [0.15, 0.2) is 0 Å². The summed E-state index contributed by atoms with van der Waals surface area (Å²) in [4.78, 5) is 62.2. The molecule has 2 aromatic carbocycles. The van der Waals surface area contributed by atoms with E-state index in [4.69, 9.17) is 4.74 Å². The topological polar surface area (TPSA) is 193 Å². The van der Waals surface area contributed by atoms with Crippen LogP contribution in [0.1, 0.15) is 69.3 Å². The highest BCUT2D eigenvalue weighted by Crippen LogP contribution is 2.45. The van der Waals surface area contributed by atoms with Crippen LogP contribution in [-0.2, 0) is 41.6 Å². The van der Waals surface area contributed by atoms with Crippen molar-refractivity contribution in [3.8, 4) is 23.1 Å². The number of esters is 1. The minimum atomic E-state index is -5.17. The van der Waals surface area contributed by atoms with Crippen LogP contribution in [0.5, 0.6) is 0 Å². The molecule has 2 fully saturated rings. The van der Waals surface area contributed by atoms with E-state index in [-0.39, 0.29) is 21.5 Å². The second-order valence-corrected chi connectivity index (χ2v) is 20.4. The first-order chi connectivity index (χ1) is 37.5. The monoisotopic (exact) mass is 1140 g/mol. The molecule has 5 atom stereocenters. The SMILES string of the molecule is COC(=O)C[C@H](C(=O)NN(Cc1c(F)cc(-c2ccn(C(F)F)n2)cc1F)C[C@H](O)[C@H](Cc1ccc(C#Cc2ccc(N3CCN([C@@H]4CCOC4)CC3)nc2)cc1)NC(=O)[C@@H](NC(=O)OC)C(C)(C)C(F)(F)F)C(C)(C)C(F)(F)F. The molecule has 4 heterocycles. The predicted molar refractivity (Wildman–Crippen MR) is 268 cm³/mol. The van der Waals surface area contributed by atoms with Gasteiger partial charge in [0.2, 0.25) is 11.8 Å². The van der Waals surface area contributed by atoms with E-state index in [0.29, 0.717) is 62.0 Å². The molecule has 0 radical (unpaired) electrons. The van der Waals surface area contributed by atoms with Crippen molar-refractivity contribution in [2.75, 3.05) is 65.1 Å². The number of carbonyl (C=O) groups is 4. The van der Waals surface area contributed by atoms with Gasteiger partial charge >= 0.3 is 31.0 Å². The quantitative estimate of drug-likeness (QED) is 0.0309. The maximum absolute atomic E-state index is 16.0. The van der Waals surface area contributed by atoms with Crippen molar-refractivity contribution >= 4 is 29.7 Å². The van der Waals surface area contributed by atoms with Gasteiger partial charge in [0, 0.05) is 86.6 Å². The first kappa shape index (κ1) is 62.2. The van der Waals surface area contributed by atoms with E-state index in [1.807, 2.05) is 17.4 Å². The van der Waals surface area contributed by atoms with Gasteiger partial charge in [-0.15, -0.1) is 0 Å². The van der Waals surface area contributed by atoms with Crippen LogP contribution < -0.4 is 21.0 Å². The molecule has 0 aliphatic carbocycles. The largest absolute Gasteiger partial charge is 0.469 e. The number of alkyl carbamates (subject to hydrolysis) is 1. The number of nitrogens with zero attached hydrogens (tertiary/aromatic N) is 6. The predicted octanol–water partition coefficient (Wildman–Crippen LogP) is 6.93. The number of rotatable bonds is 20. The molecule has 436 valence electrons. The smallest absolute Gasteiger partial charge is 0.407 e. The molecule has 0 spiro atoms. The third kappa shape index (κ3) is 15.5. The summed E-state index contributed by atoms with van der Waals surface area (Å²) in [5, 5.41) is 20.3. The number of aliphatic hydroxyl groups excluding tert-OH is 1. The van der Waals surface area contributed by atoms with Crippen molar-refractivity contribution < 1.29 is 82.4 Å². The van der Waals surface area contributed by atoms with E-state index >= 15 is 8.78 Å². The summed E-state index contributed by atoms with van der Waals surface area (Å²) in [6.45, 7) is 1.86. The molecule has 2 saturated heterocycles. The van der Waals surface area contributed by atoms with Crippen molar-refractivity contribution in [3.05, 3.63) is 101 Å². The molecule has 2 aliphatic heterocycles. The Morgan fingerprint density at radius 3 is 2.00 bits per heavy atom. The number of hydrogen-bond acceptors (Lipinski definition) is 13. The highest BCUT2D eigenvalue weighted by Gasteiger charge is 2.57. The van der Waals surface area contributed by atoms with Gasteiger partial charge < -0.3 is 34.9 Å². The summed E-state index contributed by atoms with van der Waals surface area (Å²) in [6.07, 6.45) is -12.1. The lowest BCUT2D eigenvalue weighted by Crippen LogP contribution is -2.62. The van der Waals surface area contributed by atoms with Crippen LogP contribution in [0.4, 0.5) is 54.5 Å². The van der Waals surface area contributed by atoms with Crippen molar-refractivity contribution in [3.63, 3.8) is 0 Å². The van der Waals surface area contributed by atoms with E-state index in [9.17, 15) is 59.4 Å². The summed E-state index contributed by atoms with van der Waals surface area (Å²) >= 11 is 0. The first-order valence-corrected chi connectivity index (χ1v) is 25.1. The number of methoxy groups -OCH3 is 2. The van der Waals surface area contributed by atoms with Crippen molar-refractivity contribution in [2.24, 2.45) is 16.7 Å². The van der Waals surface area contributed by atoms with E-state index in [1.54, 1.807) is 18.3 Å². The molecule has 3 amide bonds. The number of ether oxygens (including phenoxy) is 3. The third-order valence-electron chi connectivity index (χ3n) is 14.3. The summed E-state index contributed by atoms with van der Waals surface area (Å²) in [7, 11) is 1.67. The van der Waals surface area contributed by atoms with Crippen molar-refractivity contribution in [2.45, 2.75) is 96.6 Å². The van der Waals surface area contributed by atoms with Crippen LogP contribution in [0.2, 0.25) is 0 Å². The molecule has 0 unspecified atom stereocenters. The van der Waals surface area contributed by atoms with Gasteiger partial charge in [-0.25, -0.2) is 28.3 Å². The molecule has 2 aliphatic rings. The molecule has 4 N–H and O–H groups in total. The van der Waals surface area contributed by atoms with E-state index in [1.165, 1.54) is 12.1 Å². The van der Waals surface area contributed by atoms with Gasteiger partial charge in [0.1, 0.15) is 23.5 Å². The van der Waals surface area contributed by atoms with Gasteiger partial charge in [-0.05, 0) is 74.7 Å². The fourth-order valence-electron chi connectivity index (χ4n) is 8.91. The summed E-state index contributed by atoms with van der Waals surface area (Å²) in [5.74, 6) is -2.71. The molecule has 0 bridgehead atoms. The van der Waals surface area contributed by atoms with Gasteiger partial charge in [-0.2, -0.15) is 40.2 Å².